The molecule has 0 saturated carbocycles. The van der Waals surface area contributed by atoms with Gasteiger partial charge in [0, 0.05) is 6.20 Å². The van der Waals surface area contributed by atoms with Gasteiger partial charge in [0.2, 0.25) is 0 Å². The quantitative estimate of drug-likeness (QED) is 0.270. The van der Waals surface area contributed by atoms with Crippen LogP contribution in [0, 0.1) is 6.92 Å². The highest BCUT2D eigenvalue weighted by atomic mass is 35.5. The summed E-state index contributed by atoms with van der Waals surface area (Å²) in [7, 11) is 0. The zero-order chi connectivity index (χ0) is 16.3. The van der Waals surface area contributed by atoms with E-state index in [-0.39, 0.29) is 16.6 Å². The molecule has 0 fully saturated rings. The van der Waals surface area contributed by atoms with Crippen molar-refractivity contribution in [3.05, 3.63) is 46.2 Å². The highest BCUT2D eigenvalue weighted by molar-refractivity contribution is 7.98. The predicted octanol–water partition coefficient (Wildman–Crippen LogP) is 4.50. The van der Waals surface area contributed by atoms with E-state index >= 15 is 0 Å². The van der Waals surface area contributed by atoms with Crippen LogP contribution in [0.5, 0.6) is 5.75 Å². The van der Waals surface area contributed by atoms with Crippen LogP contribution in [-0.4, -0.2) is 22.2 Å². The Balaban J connectivity index is 2.31. The number of nitrogens with zero attached hydrogens (tertiary/aromatic N) is 2. The molecular formula is C16H17ClN2O2S. The first-order valence-electron chi connectivity index (χ1n) is 6.81. The summed E-state index contributed by atoms with van der Waals surface area (Å²) in [5.41, 5.74) is 2.15. The number of hydrogen-bond donors (Lipinski definition) is 0. The average molecular weight is 337 g/mol. The molecule has 4 nitrogen and oxygen atoms in total. The summed E-state index contributed by atoms with van der Waals surface area (Å²) in [5.74, 6) is 0.240. The summed E-state index contributed by atoms with van der Waals surface area (Å²) in [4.78, 5) is 20.4. The van der Waals surface area contributed by atoms with Crippen LogP contribution in [0.2, 0.25) is 5.15 Å². The summed E-state index contributed by atoms with van der Waals surface area (Å²) >= 11 is 7.39. The maximum absolute atomic E-state index is 12.3. The number of carbonyl (C=O) groups is 1. The summed E-state index contributed by atoms with van der Waals surface area (Å²) in [5, 5.41) is 0.614. The van der Waals surface area contributed by atoms with Crippen LogP contribution < -0.4 is 4.74 Å². The smallest absolute Gasteiger partial charge is 0.348 e. The van der Waals surface area contributed by atoms with E-state index in [1.807, 2.05) is 45.2 Å². The third-order valence-corrected chi connectivity index (χ3v) is 3.97. The number of aromatic nitrogens is 2. The predicted molar refractivity (Wildman–Crippen MR) is 89.0 cm³/mol. The number of rotatable bonds is 4. The van der Waals surface area contributed by atoms with Crippen molar-refractivity contribution in [3.63, 3.8) is 0 Å². The Morgan fingerprint density at radius 2 is 2.09 bits per heavy atom. The first-order valence-corrected chi connectivity index (χ1v) is 8.42. The maximum Gasteiger partial charge on any atom is 0.348 e. The zero-order valence-corrected chi connectivity index (χ0v) is 14.5. The average Bonchev–Trinajstić information content (AvgIpc) is 2.46. The molecule has 0 aliphatic rings. The molecule has 0 atom stereocenters. The van der Waals surface area contributed by atoms with Gasteiger partial charge in [-0.15, -0.1) is 0 Å². The van der Waals surface area contributed by atoms with E-state index in [2.05, 4.69) is 9.97 Å². The lowest BCUT2D eigenvalue weighted by atomic mass is 10.0. The molecule has 0 aliphatic heterocycles. The van der Waals surface area contributed by atoms with Gasteiger partial charge in [0.15, 0.2) is 5.16 Å². The van der Waals surface area contributed by atoms with Crippen LogP contribution >= 0.6 is 23.4 Å². The highest BCUT2D eigenvalue weighted by Crippen LogP contribution is 2.28. The van der Waals surface area contributed by atoms with Crippen molar-refractivity contribution in [1.82, 2.24) is 9.97 Å². The SMILES string of the molecule is CSc1ncc(C(=O)Oc2cc(C)ccc2C(C)C)c(Cl)n1. The topological polar surface area (TPSA) is 52.1 Å². The molecule has 2 aromatic rings. The lowest BCUT2D eigenvalue weighted by molar-refractivity contribution is 0.0732. The van der Waals surface area contributed by atoms with Gasteiger partial charge in [-0.3, -0.25) is 0 Å². The number of thioether (sulfide) groups is 1. The number of aryl methyl sites for hydroxylation is 1. The molecule has 0 unspecified atom stereocenters. The van der Waals surface area contributed by atoms with Gasteiger partial charge in [-0.2, -0.15) is 0 Å². The maximum atomic E-state index is 12.3. The van der Waals surface area contributed by atoms with E-state index in [9.17, 15) is 4.79 Å². The number of benzene rings is 1. The monoisotopic (exact) mass is 336 g/mol. The fourth-order valence-corrected chi connectivity index (χ4v) is 2.54. The molecule has 0 saturated heterocycles. The Morgan fingerprint density at radius 3 is 2.68 bits per heavy atom. The van der Waals surface area contributed by atoms with E-state index in [1.54, 1.807) is 0 Å². The number of hydrogen-bond acceptors (Lipinski definition) is 5. The van der Waals surface area contributed by atoms with Gasteiger partial charge in [0.05, 0.1) is 0 Å². The van der Waals surface area contributed by atoms with E-state index in [4.69, 9.17) is 16.3 Å². The van der Waals surface area contributed by atoms with E-state index in [0.717, 1.165) is 11.1 Å². The fourth-order valence-electron chi connectivity index (χ4n) is 1.94. The van der Waals surface area contributed by atoms with Crippen molar-refractivity contribution < 1.29 is 9.53 Å². The van der Waals surface area contributed by atoms with Crippen LogP contribution in [0.3, 0.4) is 0 Å². The minimum Gasteiger partial charge on any atom is -0.423 e. The molecule has 1 aromatic heterocycles. The van der Waals surface area contributed by atoms with Crippen molar-refractivity contribution in [2.24, 2.45) is 0 Å². The first kappa shape index (κ1) is 16.8. The van der Waals surface area contributed by atoms with E-state index in [0.29, 0.717) is 10.9 Å². The Morgan fingerprint density at radius 1 is 1.36 bits per heavy atom. The molecular weight excluding hydrogens is 320 g/mol. The van der Waals surface area contributed by atoms with Gasteiger partial charge in [0.25, 0.3) is 0 Å². The van der Waals surface area contributed by atoms with Gasteiger partial charge in [-0.1, -0.05) is 49.3 Å². The molecule has 0 bridgehead atoms. The molecule has 0 aliphatic carbocycles. The van der Waals surface area contributed by atoms with Crippen LogP contribution in [0.4, 0.5) is 0 Å². The zero-order valence-electron chi connectivity index (χ0n) is 12.9. The van der Waals surface area contributed by atoms with Gasteiger partial charge < -0.3 is 4.74 Å². The van der Waals surface area contributed by atoms with E-state index < -0.39 is 5.97 Å². The third kappa shape index (κ3) is 3.78. The van der Waals surface area contributed by atoms with Crippen molar-refractivity contribution in [1.29, 1.82) is 0 Å². The van der Waals surface area contributed by atoms with Crippen molar-refractivity contribution in [3.8, 4) is 5.75 Å². The molecule has 0 N–H and O–H groups in total. The molecule has 0 radical (unpaired) electrons. The van der Waals surface area contributed by atoms with E-state index in [1.165, 1.54) is 18.0 Å². The van der Waals surface area contributed by atoms with Crippen molar-refractivity contribution >= 4 is 29.3 Å². The van der Waals surface area contributed by atoms with Gasteiger partial charge >= 0.3 is 5.97 Å². The highest BCUT2D eigenvalue weighted by Gasteiger charge is 2.18. The Hall–Kier alpha value is -1.59. The summed E-state index contributed by atoms with van der Waals surface area (Å²) in [6.07, 6.45) is 3.24. The molecule has 0 amide bonds. The number of halogens is 1. The molecule has 6 heteroatoms. The first-order chi connectivity index (χ1) is 10.4. The summed E-state index contributed by atoms with van der Waals surface area (Å²) in [6.45, 7) is 6.04. The fraction of sp³-hybridized carbons (Fsp3) is 0.312. The van der Waals surface area contributed by atoms with Crippen molar-refractivity contribution in [2.75, 3.05) is 6.26 Å². The molecule has 0 spiro atoms. The molecule has 116 valence electrons. The van der Waals surface area contributed by atoms with Crippen LogP contribution in [0.15, 0.2) is 29.6 Å². The minimum atomic E-state index is -0.551. The third-order valence-electron chi connectivity index (χ3n) is 3.12. The number of ether oxygens (including phenoxy) is 1. The molecule has 2 rings (SSSR count). The Labute approximate surface area is 139 Å². The van der Waals surface area contributed by atoms with Gasteiger partial charge in [-0.05, 0) is 36.3 Å². The minimum absolute atomic E-state index is 0.100. The lowest BCUT2D eigenvalue weighted by Gasteiger charge is -2.13. The standard InChI is InChI=1S/C16H17ClN2O2S/c1-9(2)11-6-5-10(3)7-13(11)21-15(20)12-8-18-16(22-4)19-14(12)17/h5-9H,1-4H3. The second-order valence-corrected chi connectivity index (χ2v) is 6.28. The molecule has 1 aromatic carbocycles. The largest absolute Gasteiger partial charge is 0.423 e. The van der Waals surface area contributed by atoms with Crippen molar-refractivity contribution in [2.45, 2.75) is 31.8 Å². The Bertz CT molecular complexity index is 705. The van der Waals surface area contributed by atoms with Gasteiger partial charge in [0.1, 0.15) is 16.5 Å². The second kappa shape index (κ2) is 7.11. The molecule has 22 heavy (non-hydrogen) atoms. The normalized spacial score (nSPS) is 10.8. The number of carbonyl (C=O) groups excluding carboxylic acids is 1. The number of esters is 1. The van der Waals surface area contributed by atoms with Crippen LogP contribution in [-0.2, 0) is 0 Å². The summed E-state index contributed by atoms with van der Waals surface area (Å²) in [6, 6.07) is 5.81. The van der Waals surface area contributed by atoms with Crippen LogP contribution in [0.25, 0.3) is 0 Å². The second-order valence-electron chi connectivity index (χ2n) is 5.15. The Kier molecular flexibility index (Phi) is 5.42. The molecule has 1 heterocycles. The van der Waals surface area contributed by atoms with Crippen LogP contribution in [0.1, 0.15) is 41.3 Å². The van der Waals surface area contributed by atoms with Gasteiger partial charge in [-0.25, -0.2) is 14.8 Å². The lowest BCUT2D eigenvalue weighted by Crippen LogP contribution is -2.12. The summed E-state index contributed by atoms with van der Waals surface area (Å²) < 4.78 is 5.52.